The highest BCUT2D eigenvalue weighted by Crippen LogP contribution is 2.31. The number of hydrogen-bond donors (Lipinski definition) is 1. The van der Waals surface area contributed by atoms with Gasteiger partial charge in [-0.25, -0.2) is 4.79 Å². The van der Waals surface area contributed by atoms with Crippen LogP contribution >= 0.6 is 0 Å². The zero-order valence-corrected chi connectivity index (χ0v) is 13.3. The number of benzene rings is 2. The molecule has 4 heteroatoms. The summed E-state index contributed by atoms with van der Waals surface area (Å²) in [5.74, 6) is 0.776. The molecule has 2 aromatic carbocycles. The summed E-state index contributed by atoms with van der Waals surface area (Å²) in [6.07, 6.45) is 4.39. The smallest absolute Gasteiger partial charge is 0.326 e. The molecule has 0 saturated carbocycles. The lowest BCUT2D eigenvalue weighted by Gasteiger charge is -2.22. The van der Waals surface area contributed by atoms with E-state index in [4.69, 9.17) is 4.74 Å². The van der Waals surface area contributed by atoms with Crippen molar-refractivity contribution in [2.45, 2.75) is 19.4 Å². The first-order valence-electron chi connectivity index (χ1n) is 7.68. The van der Waals surface area contributed by atoms with Crippen molar-refractivity contribution in [3.8, 4) is 5.75 Å². The van der Waals surface area contributed by atoms with Gasteiger partial charge in [0.15, 0.2) is 0 Å². The molecule has 2 amide bonds. The highest BCUT2D eigenvalue weighted by atomic mass is 16.5. The Morgan fingerprint density at radius 2 is 1.96 bits per heavy atom. The van der Waals surface area contributed by atoms with E-state index in [2.05, 4.69) is 18.3 Å². The highest BCUT2D eigenvalue weighted by molar-refractivity contribution is 5.95. The molecule has 0 saturated heterocycles. The fourth-order valence-electron chi connectivity index (χ4n) is 2.95. The minimum Gasteiger partial charge on any atom is -0.496 e. The number of urea groups is 1. The van der Waals surface area contributed by atoms with Gasteiger partial charge in [-0.3, -0.25) is 4.90 Å². The van der Waals surface area contributed by atoms with Crippen LogP contribution in [0.5, 0.6) is 5.75 Å². The number of nitrogens with one attached hydrogen (secondary N) is 1. The summed E-state index contributed by atoms with van der Waals surface area (Å²) < 4.78 is 5.29. The highest BCUT2D eigenvalue weighted by Gasteiger charge is 2.29. The molecule has 0 spiro atoms. The number of hydrogen-bond acceptors (Lipinski definition) is 2. The minimum absolute atomic E-state index is 0.117. The average Bonchev–Trinajstić information content (AvgIpc) is 2.91. The molecule has 0 fully saturated rings. The predicted octanol–water partition coefficient (Wildman–Crippen LogP) is 3.83. The van der Waals surface area contributed by atoms with Crippen LogP contribution in [0.25, 0.3) is 6.08 Å². The van der Waals surface area contributed by atoms with E-state index < -0.39 is 0 Å². The number of carbonyl (C=O) groups is 1. The second-order valence-corrected chi connectivity index (χ2v) is 5.58. The number of ether oxygens (including phenoxy) is 1. The fourth-order valence-corrected chi connectivity index (χ4v) is 2.95. The van der Waals surface area contributed by atoms with Crippen molar-refractivity contribution in [2.75, 3.05) is 12.0 Å². The van der Waals surface area contributed by atoms with E-state index in [9.17, 15) is 4.79 Å². The minimum atomic E-state index is -0.117. The van der Waals surface area contributed by atoms with Crippen LogP contribution < -0.4 is 15.0 Å². The second-order valence-electron chi connectivity index (χ2n) is 5.58. The third kappa shape index (κ3) is 3.06. The van der Waals surface area contributed by atoms with Gasteiger partial charge in [-0.2, -0.15) is 0 Å². The number of anilines is 1. The Labute approximate surface area is 136 Å². The third-order valence-electron chi connectivity index (χ3n) is 4.03. The summed E-state index contributed by atoms with van der Waals surface area (Å²) in [5, 5.41) is 2.85. The molecule has 0 radical (unpaired) electrons. The Kier molecular flexibility index (Phi) is 4.33. The van der Waals surface area contributed by atoms with Crippen LogP contribution in [0, 0.1) is 0 Å². The first kappa shape index (κ1) is 15.2. The molecular weight excluding hydrogens is 288 g/mol. The van der Waals surface area contributed by atoms with E-state index in [0.717, 1.165) is 23.4 Å². The van der Waals surface area contributed by atoms with Crippen molar-refractivity contribution in [1.29, 1.82) is 0 Å². The van der Waals surface area contributed by atoms with Gasteiger partial charge in [0.1, 0.15) is 5.75 Å². The van der Waals surface area contributed by atoms with Crippen molar-refractivity contribution in [1.82, 2.24) is 5.32 Å². The van der Waals surface area contributed by atoms with Gasteiger partial charge in [-0.15, -0.1) is 0 Å². The van der Waals surface area contributed by atoms with Crippen molar-refractivity contribution in [2.24, 2.45) is 0 Å². The number of carbonyl (C=O) groups excluding carboxylic acids is 1. The predicted molar refractivity (Wildman–Crippen MR) is 92.6 cm³/mol. The van der Waals surface area contributed by atoms with Crippen LogP contribution in [0.1, 0.15) is 18.1 Å². The maximum absolute atomic E-state index is 12.5. The Balaban J connectivity index is 1.72. The summed E-state index contributed by atoms with van der Waals surface area (Å²) in [7, 11) is 1.63. The molecule has 1 aliphatic rings. The largest absolute Gasteiger partial charge is 0.496 e. The van der Waals surface area contributed by atoms with E-state index in [-0.39, 0.29) is 12.1 Å². The Morgan fingerprint density at radius 3 is 2.78 bits per heavy atom. The summed E-state index contributed by atoms with van der Waals surface area (Å²) in [4.78, 5) is 14.3. The van der Waals surface area contributed by atoms with Crippen LogP contribution in [0.3, 0.4) is 0 Å². The van der Waals surface area contributed by atoms with Crippen LogP contribution in [0.2, 0.25) is 0 Å². The maximum atomic E-state index is 12.5. The van der Waals surface area contributed by atoms with Crippen molar-refractivity contribution in [3.63, 3.8) is 0 Å². The third-order valence-corrected chi connectivity index (χ3v) is 4.03. The normalized spacial score (nSPS) is 16.4. The molecule has 4 nitrogen and oxygen atoms in total. The average molecular weight is 308 g/mol. The number of nitrogens with zero attached hydrogens (tertiary/aromatic N) is 1. The summed E-state index contributed by atoms with van der Waals surface area (Å²) in [6.45, 7) is 2.06. The van der Waals surface area contributed by atoms with Crippen LogP contribution in [-0.2, 0) is 6.42 Å². The molecule has 0 aliphatic carbocycles. The van der Waals surface area contributed by atoms with Gasteiger partial charge in [-0.1, -0.05) is 36.4 Å². The molecular formula is C19H20N2O2. The van der Waals surface area contributed by atoms with E-state index in [1.807, 2.05) is 53.4 Å². The Morgan fingerprint density at radius 1 is 1.22 bits per heavy atom. The first-order chi connectivity index (χ1) is 11.2. The van der Waals surface area contributed by atoms with Gasteiger partial charge in [0.25, 0.3) is 0 Å². The Bertz CT molecular complexity index is 740. The quantitative estimate of drug-likeness (QED) is 0.936. The molecule has 1 N–H and O–H groups in total. The summed E-state index contributed by atoms with van der Waals surface area (Å²) in [5.41, 5.74) is 3.12. The van der Waals surface area contributed by atoms with Crippen molar-refractivity contribution >= 4 is 17.8 Å². The molecule has 1 heterocycles. The van der Waals surface area contributed by atoms with Gasteiger partial charge < -0.3 is 10.1 Å². The molecule has 118 valence electrons. The van der Waals surface area contributed by atoms with E-state index in [1.165, 1.54) is 5.56 Å². The molecule has 1 aliphatic heterocycles. The lowest BCUT2D eigenvalue weighted by Crippen LogP contribution is -2.41. The van der Waals surface area contributed by atoms with E-state index in [1.54, 1.807) is 13.3 Å². The number of methoxy groups -OCH3 is 1. The zero-order chi connectivity index (χ0) is 16.2. The van der Waals surface area contributed by atoms with Crippen LogP contribution in [-0.4, -0.2) is 19.2 Å². The number of rotatable bonds is 3. The monoisotopic (exact) mass is 308 g/mol. The van der Waals surface area contributed by atoms with Crippen molar-refractivity contribution in [3.05, 3.63) is 65.9 Å². The van der Waals surface area contributed by atoms with Gasteiger partial charge in [-0.05, 0) is 37.1 Å². The fraction of sp³-hybridized carbons (Fsp3) is 0.211. The molecule has 2 aromatic rings. The summed E-state index contributed by atoms with van der Waals surface area (Å²) in [6, 6.07) is 15.7. The number of fused-ring (bicyclic) bond motifs is 1. The SMILES string of the molecule is COc1ccccc1/C=C/NC(=O)N1c2ccccc2CC1C. The molecule has 0 aromatic heterocycles. The van der Waals surface area contributed by atoms with E-state index in [0.29, 0.717) is 0 Å². The van der Waals surface area contributed by atoms with Crippen LogP contribution in [0.15, 0.2) is 54.7 Å². The van der Waals surface area contributed by atoms with Gasteiger partial charge in [0, 0.05) is 23.5 Å². The lowest BCUT2D eigenvalue weighted by atomic mass is 10.1. The topological polar surface area (TPSA) is 41.6 Å². The molecule has 1 unspecified atom stereocenters. The molecule has 1 atom stereocenters. The maximum Gasteiger partial charge on any atom is 0.326 e. The van der Waals surface area contributed by atoms with Crippen LogP contribution in [0.4, 0.5) is 10.5 Å². The molecule has 0 bridgehead atoms. The number of amides is 2. The van der Waals surface area contributed by atoms with E-state index >= 15 is 0 Å². The van der Waals surface area contributed by atoms with Gasteiger partial charge in [0.2, 0.25) is 0 Å². The Hall–Kier alpha value is -2.75. The number of para-hydroxylation sites is 2. The zero-order valence-electron chi connectivity index (χ0n) is 13.3. The van der Waals surface area contributed by atoms with Crippen molar-refractivity contribution < 1.29 is 9.53 Å². The molecule has 3 rings (SSSR count). The van der Waals surface area contributed by atoms with Gasteiger partial charge in [0.05, 0.1) is 7.11 Å². The summed E-state index contributed by atoms with van der Waals surface area (Å²) >= 11 is 0. The second kappa shape index (κ2) is 6.57. The van der Waals surface area contributed by atoms with Gasteiger partial charge >= 0.3 is 6.03 Å². The lowest BCUT2D eigenvalue weighted by molar-refractivity contribution is 0.248. The standard InChI is InChI=1S/C19H20N2O2/c1-14-13-16-8-3-5-9-17(16)21(14)19(22)20-12-11-15-7-4-6-10-18(15)23-2/h3-12,14H,13H2,1-2H3,(H,20,22)/b12-11+. The first-order valence-corrected chi connectivity index (χ1v) is 7.68. The molecule has 23 heavy (non-hydrogen) atoms.